The van der Waals surface area contributed by atoms with Gasteiger partial charge in [0.15, 0.2) is 0 Å². The molecule has 4 nitrogen and oxygen atoms in total. The Balaban J connectivity index is 4.40. The Morgan fingerprint density at radius 3 is 2.33 bits per heavy atom. The van der Waals surface area contributed by atoms with E-state index in [1.807, 2.05) is 13.8 Å². The molecular weight excluding hydrogens is 217 g/mol. The molecule has 0 radical (unpaired) electrons. The highest BCUT2D eigenvalue weighted by molar-refractivity contribution is 7.88. The van der Waals surface area contributed by atoms with Gasteiger partial charge < -0.3 is 0 Å². The summed E-state index contributed by atoms with van der Waals surface area (Å²) in [4.78, 5) is 0. The number of nitrogens with zero attached hydrogens (tertiary/aromatic N) is 1. The van der Waals surface area contributed by atoms with Crippen molar-refractivity contribution in [2.75, 3.05) is 6.61 Å². The monoisotopic (exact) mass is 231 g/mol. The Hall–Kier alpha value is 0.810. The van der Waals surface area contributed by atoms with Crippen LogP contribution in [0.2, 0.25) is 0 Å². The molecule has 74 valence electrons. The lowest BCUT2D eigenvalue weighted by molar-refractivity contribution is 0.253. The maximum atomic E-state index is 11.7. The van der Waals surface area contributed by atoms with Gasteiger partial charge in [-0.3, -0.25) is 4.52 Å². The summed E-state index contributed by atoms with van der Waals surface area (Å²) in [6, 6.07) is -0.0436. The van der Waals surface area contributed by atoms with Crippen LogP contribution in [0.1, 0.15) is 20.8 Å². The van der Waals surface area contributed by atoms with Crippen LogP contribution in [0.15, 0.2) is 0 Å². The SMILES string of the molecule is CCOP(=O)(OS)N(S)C(C)C. The van der Waals surface area contributed by atoms with Gasteiger partial charge in [0, 0.05) is 6.04 Å². The van der Waals surface area contributed by atoms with E-state index in [2.05, 4.69) is 29.7 Å². The largest absolute Gasteiger partial charge is 0.428 e. The van der Waals surface area contributed by atoms with E-state index in [1.54, 1.807) is 6.92 Å². The first-order valence-electron chi connectivity index (χ1n) is 3.54. The van der Waals surface area contributed by atoms with Gasteiger partial charge >= 0.3 is 7.75 Å². The van der Waals surface area contributed by atoms with Crippen molar-refractivity contribution in [2.24, 2.45) is 0 Å². The maximum Gasteiger partial charge on any atom is 0.428 e. The fourth-order valence-electron chi connectivity index (χ4n) is 0.566. The minimum absolute atomic E-state index is 0.0436. The van der Waals surface area contributed by atoms with Crippen molar-refractivity contribution in [1.82, 2.24) is 4.08 Å². The number of hydrogen-bond acceptors (Lipinski definition) is 5. The lowest BCUT2D eigenvalue weighted by atomic mass is 10.4. The Bertz CT molecular complexity index is 178. The second-order valence-corrected chi connectivity index (χ2v) is 5.41. The maximum absolute atomic E-state index is 11.7. The highest BCUT2D eigenvalue weighted by Gasteiger charge is 2.32. The summed E-state index contributed by atoms with van der Waals surface area (Å²) < 4.78 is 22.3. The zero-order valence-electron chi connectivity index (χ0n) is 7.30. The molecule has 0 amide bonds. The Kier molecular flexibility index (Phi) is 5.89. The van der Waals surface area contributed by atoms with Crippen molar-refractivity contribution in [3.05, 3.63) is 0 Å². The predicted molar refractivity (Wildman–Crippen MR) is 55.3 cm³/mol. The summed E-state index contributed by atoms with van der Waals surface area (Å²) in [5.41, 5.74) is 0. The molecule has 1 unspecified atom stereocenters. The van der Waals surface area contributed by atoms with Crippen LogP contribution in [0.3, 0.4) is 0 Å². The van der Waals surface area contributed by atoms with E-state index in [9.17, 15) is 4.57 Å². The fraction of sp³-hybridized carbons (Fsp3) is 1.00. The van der Waals surface area contributed by atoms with Gasteiger partial charge in [-0.25, -0.2) is 8.54 Å². The van der Waals surface area contributed by atoms with E-state index in [0.717, 1.165) is 0 Å². The van der Waals surface area contributed by atoms with Crippen molar-refractivity contribution >= 4 is 33.5 Å². The molecule has 0 N–H and O–H groups in total. The number of thiol groups is 2. The highest BCUT2D eigenvalue weighted by Crippen LogP contribution is 2.55. The van der Waals surface area contributed by atoms with Crippen LogP contribution in [0.5, 0.6) is 0 Å². The van der Waals surface area contributed by atoms with Crippen molar-refractivity contribution in [3.63, 3.8) is 0 Å². The molecule has 0 bridgehead atoms. The third-order valence-electron chi connectivity index (χ3n) is 1.11. The Labute approximate surface area is 84.4 Å². The molecule has 0 aliphatic carbocycles. The second-order valence-electron chi connectivity index (χ2n) is 2.38. The van der Waals surface area contributed by atoms with Crippen LogP contribution in [0.25, 0.3) is 0 Å². The van der Waals surface area contributed by atoms with Gasteiger partial charge in [-0.05, 0) is 33.7 Å². The fourth-order valence-corrected chi connectivity index (χ4v) is 2.51. The first-order valence-corrected chi connectivity index (χ1v) is 5.80. The minimum Gasteiger partial charge on any atom is -0.296 e. The highest BCUT2D eigenvalue weighted by atomic mass is 32.1. The van der Waals surface area contributed by atoms with Gasteiger partial charge in [0.05, 0.1) is 6.61 Å². The minimum atomic E-state index is -3.29. The lowest BCUT2D eigenvalue weighted by Gasteiger charge is -2.25. The van der Waals surface area contributed by atoms with Crippen molar-refractivity contribution in [1.29, 1.82) is 0 Å². The first-order chi connectivity index (χ1) is 5.48. The lowest BCUT2D eigenvalue weighted by Crippen LogP contribution is -2.19. The average Bonchev–Trinajstić information content (AvgIpc) is 2.03. The molecule has 0 saturated carbocycles. The Morgan fingerprint density at radius 2 is 2.08 bits per heavy atom. The van der Waals surface area contributed by atoms with Crippen molar-refractivity contribution in [2.45, 2.75) is 26.8 Å². The smallest absolute Gasteiger partial charge is 0.296 e. The zero-order valence-corrected chi connectivity index (χ0v) is 9.98. The summed E-state index contributed by atoms with van der Waals surface area (Å²) in [6.07, 6.45) is 0. The Morgan fingerprint density at radius 1 is 1.58 bits per heavy atom. The van der Waals surface area contributed by atoms with Crippen LogP contribution in [0.4, 0.5) is 0 Å². The third kappa shape index (κ3) is 3.28. The van der Waals surface area contributed by atoms with Gasteiger partial charge in [-0.1, -0.05) is 12.8 Å². The van der Waals surface area contributed by atoms with E-state index in [1.165, 1.54) is 4.08 Å². The van der Waals surface area contributed by atoms with Crippen LogP contribution < -0.4 is 0 Å². The molecule has 0 saturated heterocycles. The summed E-state index contributed by atoms with van der Waals surface area (Å²) in [6.45, 7) is 5.67. The van der Waals surface area contributed by atoms with Crippen LogP contribution in [-0.4, -0.2) is 16.7 Å². The van der Waals surface area contributed by atoms with Gasteiger partial charge in [0.1, 0.15) is 0 Å². The topological polar surface area (TPSA) is 38.8 Å². The molecule has 0 heterocycles. The molecule has 0 aromatic carbocycles. The molecular formula is C5H14NO3PS2. The molecule has 0 aromatic heterocycles. The summed E-state index contributed by atoms with van der Waals surface area (Å²) in [5.74, 6) is 0. The van der Waals surface area contributed by atoms with E-state index in [4.69, 9.17) is 4.52 Å². The molecule has 0 fully saturated rings. The van der Waals surface area contributed by atoms with E-state index >= 15 is 0 Å². The first kappa shape index (κ1) is 12.8. The van der Waals surface area contributed by atoms with E-state index in [-0.39, 0.29) is 6.04 Å². The summed E-state index contributed by atoms with van der Waals surface area (Å²) >= 11 is 7.48. The van der Waals surface area contributed by atoms with Crippen LogP contribution >= 0.6 is 33.5 Å². The average molecular weight is 231 g/mol. The van der Waals surface area contributed by atoms with Crippen molar-refractivity contribution in [3.8, 4) is 0 Å². The van der Waals surface area contributed by atoms with E-state index in [0.29, 0.717) is 6.61 Å². The predicted octanol–water partition coefficient (Wildman–Crippen LogP) is 2.55. The normalized spacial score (nSPS) is 16.9. The van der Waals surface area contributed by atoms with Crippen LogP contribution in [0, 0.1) is 0 Å². The van der Waals surface area contributed by atoms with Crippen LogP contribution in [-0.2, 0) is 13.1 Å². The van der Waals surface area contributed by atoms with Gasteiger partial charge in [-0.2, -0.15) is 4.08 Å². The molecule has 0 rings (SSSR count). The van der Waals surface area contributed by atoms with E-state index < -0.39 is 7.75 Å². The second kappa shape index (κ2) is 5.52. The molecule has 0 aliphatic rings. The number of rotatable bonds is 5. The van der Waals surface area contributed by atoms with Gasteiger partial charge in [-0.15, -0.1) is 0 Å². The molecule has 0 spiro atoms. The summed E-state index contributed by atoms with van der Waals surface area (Å²) in [7, 11) is -3.29. The third-order valence-corrected chi connectivity index (χ3v) is 4.60. The zero-order chi connectivity index (χ0) is 9.78. The quantitative estimate of drug-likeness (QED) is 0.433. The molecule has 0 aliphatic heterocycles. The summed E-state index contributed by atoms with van der Waals surface area (Å²) in [5, 5.41) is 0. The molecule has 0 aromatic rings. The standard InChI is InChI=1S/C5H14NO3PS2/c1-4-8-10(7,9-12)6(11)5(2)3/h5,11-12H,4H2,1-3H3. The van der Waals surface area contributed by atoms with Gasteiger partial charge in [0.2, 0.25) is 0 Å². The molecule has 12 heavy (non-hydrogen) atoms. The molecule has 7 heteroatoms. The van der Waals surface area contributed by atoms with Crippen molar-refractivity contribution < 1.29 is 13.1 Å². The molecule has 1 atom stereocenters. The number of hydrogen-bond donors (Lipinski definition) is 2. The van der Waals surface area contributed by atoms with Gasteiger partial charge in [0.25, 0.3) is 0 Å².